The van der Waals surface area contributed by atoms with Gasteiger partial charge in [0.1, 0.15) is 5.52 Å². The van der Waals surface area contributed by atoms with Crippen molar-refractivity contribution < 1.29 is 4.92 Å². The fourth-order valence-corrected chi connectivity index (χ4v) is 2.99. The molecule has 2 heterocycles. The van der Waals surface area contributed by atoms with Crippen molar-refractivity contribution in [2.24, 2.45) is 7.05 Å². The van der Waals surface area contributed by atoms with Crippen molar-refractivity contribution in [2.75, 3.05) is 0 Å². The van der Waals surface area contributed by atoms with Crippen molar-refractivity contribution in [2.45, 2.75) is 0 Å². The van der Waals surface area contributed by atoms with Gasteiger partial charge in [-0.1, -0.05) is 18.2 Å². The summed E-state index contributed by atoms with van der Waals surface area (Å²) in [6.07, 6.45) is 0. The number of nitro benzene ring substituents is 1. The van der Waals surface area contributed by atoms with Gasteiger partial charge in [-0.25, -0.2) is 0 Å². The molecule has 2 aromatic heterocycles. The number of para-hydroxylation sites is 1. The molecule has 0 bridgehead atoms. The predicted octanol–water partition coefficient (Wildman–Crippen LogP) is 3.08. The molecule has 0 saturated heterocycles. The van der Waals surface area contributed by atoms with Crippen LogP contribution in [-0.4, -0.2) is 14.5 Å². The molecule has 0 fully saturated rings. The Morgan fingerprint density at radius 1 is 1.14 bits per heavy atom. The molecular weight excluding hydrogens is 282 g/mol. The van der Waals surface area contributed by atoms with Crippen molar-refractivity contribution in [1.82, 2.24) is 9.55 Å². The van der Waals surface area contributed by atoms with Crippen molar-refractivity contribution >= 4 is 38.5 Å². The number of pyridine rings is 1. The quantitative estimate of drug-likeness (QED) is 0.432. The van der Waals surface area contributed by atoms with Crippen LogP contribution in [0, 0.1) is 10.1 Å². The lowest BCUT2D eigenvalue weighted by Crippen LogP contribution is -2.07. The third-order valence-electron chi connectivity index (χ3n) is 4.04. The van der Waals surface area contributed by atoms with Crippen LogP contribution in [0.15, 0.2) is 47.3 Å². The molecule has 0 amide bonds. The fraction of sp³-hybridized carbons (Fsp3) is 0.0625. The van der Waals surface area contributed by atoms with E-state index < -0.39 is 4.92 Å². The summed E-state index contributed by atoms with van der Waals surface area (Å²) < 4.78 is 1.82. The number of nitrogens with zero attached hydrogens (tertiary/aromatic N) is 2. The molecule has 0 saturated carbocycles. The average Bonchev–Trinajstić information content (AvgIpc) is 2.81. The Morgan fingerprint density at radius 2 is 1.91 bits per heavy atom. The van der Waals surface area contributed by atoms with E-state index in [9.17, 15) is 14.9 Å². The summed E-state index contributed by atoms with van der Waals surface area (Å²) in [5, 5.41) is 12.2. The van der Waals surface area contributed by atoms with Gasteiger partial charge in [0.05, 0.1) is 26.9 Å². The molecule has 108 valence electrons. The minimum Gasteiger partial charge on any atom is -0.353 e. The van der Waals surface area contributed by atoms with Crippen LogP contribution in [0.25, 0.3) is 32.8 Å². The van der Waals surface area contributed by atoms with Crippen LogP contribution < -0.4 is 5.43 Å². The summed E-state index contributed by atoms with van der Waals surface area (Å²) in [7, 11) is 1.82. The molecule has 6 nitrogen and oxygen atoms in total. The highest BCUT2D eigenvalue weighted by molar-refractivity contribution is 6.08. The fourth-order valence-electron chi connectivity index (χ4n) is 2.99. The maximum absolute atomic E-state index is 12.8. The molecule has 0 aliphatic heterocycles. The number of hydrogen-bond acceptors (Lipinski definition) is 3. The van der Waals surface area contributed by atoms with Crippen LogP contribution in [0.1, 0.15) is 0 Å². The second-order valence-electron chi connectivity index (χ2n) is 5.24. The molecule has 4 rings (SSSR count). The van der Waals surface area contributed by atoms with E-state index >= 15 is 0 Å². The van der Waals surface area contributed by atoms with Gasteiger partial charge in [0.25, 0.3) is 5.69 Å². The van der Waals surface area contributed by atoms with Crippen molar-refractivity contribution in [3.8, 4) is 0 Å². The van der Waals surface area contributed by atoms with Gasteiger partial charge in [-0.05, 0) is 12.1 Å². The maximum Gasteiger partial charge on any atom is 0.270 e. The number of aromatic nitrogens is 2. The van der Waals surface area contributed by atoms with Crippen LogP contribution in [0.3, 0.4) is 0 Å². The standard InChI is InChI=1S/C16H11N3O3/c1-18-13-5-3-2-4-10(13)14-15(18)16(20)11-8-9(19(21)22)6-7-12(11)17-14/h2-8H,1H3,(H,17,20). The average molecular weight is 293 g/mol. The Labute approximate surface area is 123 Å². The molecule has 0 spiro atoms. The highest BCUT2D eigenvalue weighted by Crippen LogP contribution is 2.27. The van der Waals surface area contributed by atoms with Gasteiger partial charge >= 0.3 is 0 Å². The maximum atomic E-state index is 12.8. The Morgan fingerprint density at radius 3 is 2.68 bits per heavy atom. The van der Waals surface area contributed by atoms with Crippen LogP contribution in [0.5, 0.6) is 0 Å². The highest BCUT2D eigenvalue weighted by atomic mass is 16.6. The van der Waals surface area contributed by atoms with E-state index in [1.807, 2.05) is 35.9 Å². The molecule has 0 radical (unpaired) electrons. The third kappa shape index (κ3) is 1.52. The Bertz CT molecular complexity index is 1140. The van der Waals surface area contributed by atoms with Crippen molar-refractivity contribution in [1.29, 1.82) is 0 Å². The van der Waals surface area contributed by atoms with E-state index in [0.29, 0.717) is 16.4 Å². The molecule has 1 N–H and O–H groups in total. The molecule has 0 unspecified atom stereocenters. The summed E-state index contributed by atoms with van der Waals surface area (Å²) >= 11 is 0. The van der Waals surface area contributed by atoms with Crippen molar-refractivity contribution in [3.63, 3.8) is 0 Å². The van der Waals surface area contributed by atoms with Gasteiger partial charge in [0.15, 0.2) is 0 Å². The van der Waals surface area contributed by atoms with Crippen LogP contribution in [0.4, 0.5) is 5.69 Å². The van der Waals surface area contributed by atoms with E-state index in [2.05, 4.69) is 4.98 Å². The van der Waals surface area contributed by atoms with Crippen molar-refractivity contribution in [3.05, 3.63) is 62.8 Å². The van der Waals surface area contributed by atoms with E-state index in [4.69, 9.17) is 0 Å². The SMILES string of the molecule is Cn1c2ccccc2c2[nH]c3ccc([N+](=O)[O-])cc3c(=O)c21. The largest absolute Gasteiger partial charge is 0.353 e. The van der Waals surface area contributed by atoms with Gasteiger partial charge in [0, 0.05) is 24.6 Å². The zero-order valence-corrected chi connectivity index (χ0v) is 11.7. The minimum absolute atomic E-state index is 0.0869. The van der Waals surface area contributed by atoms with Crippen LogP contribution in [-0.2, 0) is 7.05 Å². The predicted molar refractivity (Wildman–Crippen MR) is 85.2 cm³/mol. The Hall–Kier alpha value is -3.15. The van der Waals surface area contributed by atoms with Gasteiger partial charge in [0.2, 0.25) is 5.43 Å². The lowest BCUT2D eigenvalue weighted by atomic mass is 10.1. The van der Waals surface area contributed by atoms with Gasteiger partial charge in [-0.3, -0.25) is 14.9 Å². The molecule has 4 aromatic rings. The van der Waals surface area contributed by atoms with E-state index in [-0.39, 0.29) is 11.1 Å². The molecule has 0 aliphatic carbocycles. The zero-order chi connectivity index (χ0) is 15.4. The smallest absolute Gasteiger partial charge is 0.270 e. The van der Waals surface area contributed by atoms with E-state index in [1.54, 1.807) is 6.07 Å². The molecule has 0 atom stereocenters. The summed E-state index contributed by atoms with van der Waals surface area (Å²) in [6.45, 7) is 0. The Balaban J connectivity index is 2.27. The number of rotatable bonds is 1. The number of aryl methyl sites for hydroxylation is 1. The zero-order valence-electron chi connectivity index (χ0n) is 11.7. The first-order chi connectivity index (χ1) is 10.6. The number of aromatic amines is 1. The summed E-state index contributed by atoms with van der Waals surface area (Å²) in [6, 6.07) is 12.0. The molecule has 2 aromatic carbocycles. The third-order valence-corrected chi connectivity index (χ3v) is 4.04. The monoisotopic (exact) mass is 293 g/mol. The van der Waals surface area contributed by atoms with Crippen LogP contribution in [0.2, 0.25) is 0 Å². The van der Waals surface area contributed by atoms with Crippen LogP contribution >= 0.6 is 0 Å². The summed E-state index contributed by atoms with van der Waals surface area (Å²) in [4.78, 5) is 26.4. The number of benzene rings is 2. The number of H-pyrrole nitrogens is 1. The first-order valence-electron chi connectivity index (χ1n) is 6.75. The number of fused-ring (bicyclic) bond motifs is 4. The van der Waals surface area contributed by atoms with E-state index in [0.717, 1.165) is 16.4 Å². The van der Waals surface area contributed by atoms with Gasteiger partial charge < -0.3 is 9.55 Å². The number of non-ortho nitro benzene ring substituents is 1. The van der Waals surface area contributed by atoms with Gasteiger partial charge in [-0.15, -0.1) is 0 Å². The molecular formula is C16H11N3O3. The first-order valence-corrected chi connectivity index (χ1v) is 6.75. The second-order valence-corrected chi connectivity index (χ2v) is 5.24. The number of hydrogen-bond donors (Lipinski definition) is 1. The summed E-state index contributed by atoms with van der Waals surface area (Å²) in [5.41, 5.74) is 2.52. The highest BCUT2D eigenvalue weighted by Gasteiger charge is 2.16. The first kappa shape index (κ1) is 12.6. The normalized spacial score (nSPS) is 11.5. The Kier molecular flexibility index (Phi) is 2.39. The number of nitro groups is 1. The second kappa shape index (κ2) is 4.17. The summed E-state index contributed by atoms with van der Waals surface area (Å²) in [5.74, 6) is 0. The topological polar surface area (TPSA) is 80.9 Å². The number of nitrogens with one attached hydrogen (secondary N) is 1. The lowest BCUT2D eigenvalue weighted by Gasteiger charge is -2.01. The minimum atomic E-state index is -0.495. The van der Waals surface area contributed by atoms with Gasteiger partial charge in [-0.2, -0.15) is 0 Å². The molecule has 0 aliphatic rings. The van der Waals surface area contributed by atoms with E-state index in [1.165, 1.54) is 12.1 Å². The molecule has 6 heteroatoms. The lowest BCUT2D eigenvalue weighted by molar-refractivity contribution is -0.384. The molecule has 22 heavy (non-hydrogen) atoms.